The number of aromatic nitrogens is 2. The van der Waals surface area contributed by atoms with Crippen LogP contribution in [0.25, 0.3) is 16.7 Å². The third kappa shape index (κ3) is 2.56. The van der Waals surface area contributed by atoms with Gasteiger partial charge in [0.2, 0.25) is 0 Å². The Kier molecular flexibility index (Phi) is 3.60. The molecule has 5 nitrogen and oxygen atoms in total. The van der Waals surface area contributed by atoms with E-state index in [0.717, 1.165) is 11.4 Å². The minimum atomic E-state index is -0.425. The summed E-state index contributed by atoms with van der Waals surface area (Å²) in [5, 5.41) is 11.8. The van der Waals surface area contributed by atoms with E-state index in [1.165, 1.54) is 12.1 Å². The number of rotatable bonds is 3. The summed E-state index contributed by atoms with van der Waals surface area (Å²) in [6.45, 7) is 5.69. The molecule has 2 aromatic heterocycles. The molecule has 0 N–H and O–H groups in total. The topological polar surface area (TPSA) is 61.0 Å². The molecule has 0 saturated heterocycles. The maximum absolute atomic E-state index is 13.2. The first-order valence-corrected chi connectivity index (χ1v) is 7.32. The summed E-state index contributed by atoms with van der Waals surface area (Å²) in [6.07, 6.45) is 0. The first-order valence-electron chi connectivity index (χ1n) is 7.32. The lowest BCUT2D eigenvalue weighted by molar-refractivity contribution is -0.385. The molecule has 2 heterocycles. The van der Waals surface area contributed by atoms with Crippen molar-refractivity contribution in [3.05, 3.63) is 63.7 Å². The van der Waals surface area contributed by atoms with E-state index in [-0.39, 0.29) is 17.4 Å². The van der Waals surface area contributed by atoms with Crippen LogP contribution in [0.5, 0.6) is 0 Å². The van der Waals surface area contributed by atoms with Gasteiger partial charge in [0.05, 0.1) is 4.92 Å². The largest absolute Gasteiger partial charge is 0.298 e. The van der Waals surface area contributed by atoms with Crippen molar-refractivity contribution in [1.82, 2.24) is 9.55 Å². The Labute approximate surface area is 132 Å². The average Bonchev–Trinajstić information content (AvgIpc) is 2.85. The number of hydrogen-bond donors (Lipinski definition) is 0. The van der Waals surface area contributed by atoms with Gasteiger partial charge in [0.1, 0.15) is 17.2 Å². The van der Waals surface area contributed by atoms with Crippen LogP contribution in [-0.2, 0) is 0 Å². The molecule has 0 bridgehead atoms. The fourth-order valence-electron chi connectivity index (χ4n) is 2.70. The van der Waals surface area contributed by atoms with Crippen LogP contribution in [0.15, 0.2) is 36.4 Å². The number of benzene rings is 1. The lowest BCUT2D eigenvalue weighted by atomic mass is 10.1. The smallest absolute Gasteiger partial charge is 0.291 e. The van der Waals surface area contributed by atoms with Gasteiger partial charge in [0.25, 0.3) is 5.69 Å². The van der Waals surface area contributed by atoms with Crippen LogP contribution in [0.3, 0.4) is 0 Å². The Bertz CT molecular complexity index is 898. The highest BCUT2D eigenvalue weighted by molar-refractivity contribution is 5.82. The Hall–Kier alpha value is -2.76. The van der Waals surface area contributed by atoms with Gasteiger partial charge in [0, 0.05) is 22.8 Å². The number of nitrogens with zero attached hydrogens (tertiary/aromatic N) is 3. The lowest BCUT2D eigenvalue weighted by Crippen LogP contribution is -2.03. The van der Waals surface area contributed by atoms with Crippen molar-refractivity contribution in [3.63, 3.8) is 0 Å². The Balaban J connectivity index is 2.34. The van der Waals surface area contributed by atoms with Gasteiger partial charge in [-0.3, -0.25) is 14.7 Å². The Morgan fingerprint density at radius 1 is 1.22 bits per heavy atom. The summed E-state index contributed by atoms with van der Waals surface area (Å²) in [7, 11) is 0. The molecular formula is C17H16FN3O2. The van der Waals surface area contributed by atoms with Crippen molar-refractivity contribution >= 4 is 16.7 Å². The molecule has 6 heteroatoms. The first kappa shape index (κ1) is 15.1. The van der Waals surface area contributed by atoms with Crippen molar-refractivity contribution in [3.8, 4) is 5.69 Å². The van der Waals surface area contributed by atoms with Crippen molar-refractivity contribution in [2.75, 3.05) is 0 Å². The van der Waals surface area contributed by atoms with E-state index >= 15 is 0 Å². The fraction of sp³-hybridized carbons (Fsp3) is 0.235. The molecule has 0 spiro atoms. The highest BCUT2D eigenvalue weighted by atomic mass is 19.1. The van der Waals surface area contributed by atoms with E-state index in [1.807, 2.05) is 24.5 Å². The van der Waals surface area contributed by atoms with E-state index in [4.69, 9.17) is 0 Å². The standard InChI is InChI=1S/C17H16FN3O2/c1-10(2)15-8-12-9-16(21(22)23)11(3)19-17(12)20(15)14-6-4-13(18)5-7-14/h4-10H,1-3H3. The van der Waals surface area contributed by atoms with E-state index < -0.39 is 4.92 Å². The molecular weight excluding hydrogens is 297 g/mol. The molecule has 3 aromatic rings. The van der Waals surface area contributed by atoms with Crippen LogP contribution in [-0.4, -0.2) is 14.5 Å². The second-order valence-corrected chi connectivity index (χ2v) is 5.80. The highest BCUT2D eigenvalue weighted by Crippen LogP contribution is 2.31. The van der Waals surface area contributed by atoms with Gasteiger partial charge < -0.3 is 0 Å². The molecule has 0 aliphatic heterocycles. The second kappa shape index (κ2) is 5.46. The fourth-order valence-corrected chi connectivity index (χ4v) is 2.70. The monoisotopic (exact) mass is 313 g/mol. The first-order chi connectivity index (χ1) is 10.9. The van der Waals surface area contributed by atoms with Crippen molar-refractivity contribution in [2.45, 2.75) is 26.7 Å². The minimum Gasteiger partial charge on any atom is -0.298 e. The van der Waals surface area contributed by atoms with Gasteiger partial charge in [-0.2, -0.15) is 0 Å². The van der Waals surface area contributed by atoms with Crippen molar-refractivity contribution < 1.29 is 9.31 Å². The summed E-state index contributed by atoms with van der Waals surface area (Å²) in [4.78, 5) is 15.1. The molecule has 0 fully saturated rings. The third-order valence-electron chi connectivity index (χ3n) is 3.84. The molecule has 0 amide bonds. The normalized spacial score (nSPS) is 11.3. The van der Waals surface area contributed by atoms with Gasteiger partial charge >= 0.3 is 0 Å². The van der Waals surface area contributed by atoms with E-state index in [1.54, 1.807) is 25.1 Å². The summed E-state index contributed by atoms with van der Waals surface area (Å²) < 4.78 is 15.1. The summed E-state index contributed by atoms with van der Waals surface area (Å²) in [5.41, 5.74) is 2.76. The molecule has 23 heavy (non-hydrogen) atoms. The number of halogens is 1. The number of aryl methyl sites for hydroxylation is 1. The van der Waals surface area contributed by atoms with Gasteiger partial charge in [0.15, 0.2) is 0 Å². The molecule has 0 atom stereocenters. The summed E-state index contributed by atoms with van der Waals surface area (Å²) >= 11 is 0. The number of fused-ring (bicyclic) bond motifs is 1. The molecule has 3 rings (SSSR count). The van der Waals surface area contributed by atoms with Crippen molar-refractivity contribution in [1.29, 1.82) is 0 Å². The summed E-state index contributed by atoms with van der Waals surface area (Å²) in [5.74, 6) is -0.121. The third-order valence-corrected chi connectivity index (χ3v) is 3.84. The number of nitro groups is 1. The molecule has 118 valence electrons. The molecule has 0 aliphatic rings. The maximum atomic E-state index is 13.2. The molecule has 1 aromatic carbocycles. The maximum Gasteiger partial charge on any atom is 0.291 e. The van der Waals surface area contributed by atoms with Gasteiger partial charge in [-0.1, -0.05) is 13.8 Å². The lowest BCUT2D eigenvalue weighted by Gasteiger charge is -2.13. The van der Waals surface area contributed by atoms with Crippen molar-refractivity contribution in [2.24, 2.45) is 0 Å². The zero-order valence-corrected chi connectivity index (χ0v) is 13.1. The van der Waals surface area contributed by atoms with Gasteiger partial charge in [-0.15, -0.1) is 0 Å². The Morgan fingerprint density at radius 3 is 2.43 bits per heavy atom. The van der Waals surface area contributed by atoms with Crippen LogP contribution in [0.2, 0.25) is 0 Å². The quantitative estimate of drug-likeness (QED) is 0.528. The van der Waals surface area contributed by atoms with E-state index in [2.05, 4.69) is 4.98 Å². The molecule has 0 unspecified atom stereocenters. The zero-order valence-electron chi connectivity index (χ0n) is 13.1. The minimum absolute atomic E-state index is 0.00376. The Morgan fingerprint density at radius 2 is 1.87 bits per heavy atom. The SMILES string of the molecule is Cc1nc2c(cc1[N+](=O)[O-])cc(C(C)C)n2-c1ccc(F)cc1. The molecule has 0 saturated carbocycles. The van der Waals surface area contributed by atoms with Crippen LogP contribution >= 0.6 is 0 Å². The highest BCUT2D eigenvalue weighted by Gasteiger charge is 2.20. The predicted octanol–water partition coefficient (Wildman–Crippen LogP) is 4.50. The van der Waals surface area contributed by atoms with Gasteiger partial charge in [-0.05, 0) is 43.2 Å². The summed E-state index contributed by atoms with van der Waals surface area (Å²) in [6, 6.07) is 9.59. The zero-order chi connectivity index (χ0) is 16.7. The molecule has 0 radical (unpaired) electrons. The van der Waals surface area contributed by atoms with Crippen LogP contribution in [0, 0.1) is 22.9 Å². The van der Waals surface area contributed by atoms with E-state index in [0.29, 0.717) is 16.7 Å². The molecule has 0 aliphatic carbocycles. The van der Waals surface area contributed by atoms with E-state index in [9.17, 15) is 14.5 Å². The predicted molar refractivity (Wildman–Crippen MR) is 86.5 cm³/mol. The van der Waals surface area contributed by atoms with Gasteiger partial charge in [-0.25, -0.2) is 9.37 Å². The number of hydrogen-bond acceptors (Lipinski definition) is 3. The average molecular weight is 313 g/mol. The van der Waals surface area contributed by atoms with Crippen LogP contribution in [0.4, 0.5) is 10.1 Å². The second-order valence-electron chi connectivity index (χ2n) is 5.80. The van der Waals surface area contributed by atoms with Crippen LogP contribution < -0.4 is 0 Å². The number of pyridine rings is 1. The van der Waals surface area contributed by atoms with Crippen LogP contribution in [0.1, 0.15) is 31.2 Å².